The van der Waals surface area contributed by atoms with E-state index in [1.165, 1.54) is 15.4 Å². The molecule has 2 aromatic carbocycles. The molecular formula is C23H29N3O4S. The number of nitrogens with one attached hydrogen (secondary N) is 1. The first-order chi connectivity index (χ1) is 14.9. The van der Waals surface area contributed by atoms with E-state index in [0.717, 1.165) is 30.6 Å². The fourth-order valence-electron chi connectivity index (χ4n) is 4.11. The van der Waals surface area contributed by atoms with E-state index in [9.17, 15) is 13.2 Å². The number of morpholine rings is 1. The lowest BCUT2D eigenvalue weighted by atomic mass is 9.99. The third kappa shape index (κ3) is 5.08. The molecule has 0 aliphatic carbocycles. The Balaban J connectivity index is 1.33. The van der Waals surface area contributed by atoms with Crippen molar-refractivity contribution >= 4 is 21.6 Å². The van der Waals surface area contributed by atoms with Crippen molar-refractivity contribution in [2.24, 2.45) is 0 Å². The van der Waals surface area contributed by atoms with Crippen LogP contribution in [0.4, 0.5) is 5.69 Å². The highest BCUT2D eigenvalue weighted by molar-refractivity contribution is 7.89. The monoisotopic (exact) mass is 443 g/mol. The summed E-state index contributed by atoms with van der Waals surface area (Å²) >= 11 is 0. The number of anilines is 1. The van der Waals surface area contributed by atoms with Gasteiger partial charge in [0.05, 0.1) is 24.7 Å². The largest absolute Gasteiger partial charge is 0.379 e. The van der Waals surface area contributed by atoms with Crippen molar-refractivity contribution in [2.75, 3.05) is 44.3 Å². The summed E-state index contributed by atoms with van der Waals surface area (Å²) in [7, 11) is -3.50. The van der Waals surface area contributed by atoms with Crippen LogP contribution in [-0.4, -0.2) is 58.0 Å². The van der Waals surface area contributed by atoms with Gasteiger partial charge in [0.1, 0.15) is 0 Å². The number of hydrogen-bond acceptors (Lipinski definition) is 5. The smallest absolute Gasteiger partial charge is 0.243 e. The molecule has 8 heteroatoms. The van der Waals surface area contributed by atoms with E-state index in [4.69, 9.17) is 4.74 Å². The zero-order valence-electron chi connectivity index (χ0n) is 17.8. The average Bonchev–Trinajstić information content (AvgIpc) is 2.78. The lowest BCUT2D eigenvalue weighted by Crippen LogP contribution is -2.40. The molecule has 7 nitrogen and oxygen atoms in total. The average molecular weight is 444 g/mol. The zero-order chi connectivity index (χ0) is 21.8. The minimum Gasteiger partial charge on any atom is -0.379 e. The summed E-state index contributed by atoms with van der Waals surface area (Å²) in [5.41, 5.74) is 4.55. The first-order valence-electron chi connectivity index (χ1n) is 10.7. The molecule has 2 aliphatic rings. The van der Waals surface area contributed by atoms with Crippen molar-refractivity contribution in [3.63, 3.8) is 0 Å². The molecule has 2 aromatic rings. The zero-order valence-corrected chi connectivity index (χ0v) is 18.7. The molecule has 166 valence electrons. The van der Waals surface area contributed by atoms with Gasteiger partial charge in [0.2, 0.25) is 15.9 Å². The molecule has 2 aliphatic heterocycles. The summed E-state index contributed by atoms with van der Waals surface area (Å²) in [6.45, 7) is 5.24. The second-order valence-electron chi connectivity index (χ2n) is 8.09. The van der Waals surface area contributed by atoms with Gasteiger partial charge in [0.25, 0.3) is 0 Å². The molecule has 2 heterocycles. The predicted molar refractivity (Wildman–Crippen MR) is 120 cm³/mol. The number of carbonyl (C=O) groups is 1. The second-order valence-corrected chi connectivity index (χ2v) is 10.0. The van der Waals surface area contributed by atoms with E-state index in [1.54, 1.807) is 24.3 Å². The number of fused-ring (bicyclic) bond motifs is 1. The number of nitrogens with zero attached hydrogens (tertiary/aromatic N) is 2. The number of ether oxygens (including phenoxy) is 1. The molecule has 0 spiro atoms. The van der Waals surface area contributed by atoms with E-state index in [2.05, 4.69) is 35.3 Å². The van der Waals surface area contributed by atoms with Crippen molar-refractivity contribution in [2.45, 2.75) is 31.2 Å². The van der Waals surface area contributed by atoms with Crippen LogP contribution >= 0.6 is 0 Å². The minimum atomic E-state index is -3.50. The summed E-state index contributed by atoms with van der Waals surface area (Å²) in [4.78, 5) is 14.9. The van der Waals surface area contributed by atoms with E-state index in [0.29, 0.717) is 39.4 Å². The van der Waals surface area contributed by atoms with Gasteiger partial charge in [-0.1, -0.05) is 29.8 Å². The van der Waals surface area contributed by atoms with E-state index in [1.807, 2.05) is 0 Å². The summed E-state index contributed by atoms with van der Waals surface area (Å²) < 4.78 is 32.1. The van der Waals surface area contributed by atoms with Gasteiger partial charge < -0.3 is 15.0 Å². The maximum atomic E-state index is 12.7. The van der Waals surface area contributed by atoms with Crippen LogP contribution < -0.4 is 10.2 Å². The van der Waals surface area contributed by atoms with Crippen LogP contribution in [0.5, 0.6) is 0 Å². The normalized spacial score (nSPS) is 17.3. The number of hydrogen-bond donors (Lipinski definition) is 1. The Morgan fingerprint density at radius 3 is 2.55 bits per heavy atom. The lowest BCUT2D eigenvalue weighted by Gasteiger charge is -2.31. The van der Waals surface area contributed by atoms with E-state index in [-0.39, 0.29) is 10.8 Å². The number of amides is 1. The summed E-state index contributed by atoms with van der Waals surface area (Å²) in [6, 6.07) is 13.1. The molecule has 1 amide bonds. The first kappa shape index (κ1) is 21.8. The van der Waals surface area contributed by atoms with Crippen LogP contribution in [0.1, 0.15) is 23.1 Å². The maximum absolute atomic E-state index is 12.7. The van der Waals surface area contributed by atoms with Gasteiger partial charge in [-0.05, 0) is 49.1 Å². The molecule has 0 aromatic heterocycles. The van der Waals surface area contributed by atoms with Gasteiger partial charge in [0.15, 0.2) is 0 Å². The lowest BCUT2D eigenvalue weighted by molar-refractivity contribution is -0.119. The molecule has 1 saturated heterocycles. The van der Waals surface area contributed by atoms with Gasteiger partial charge in [-0.3, -0.25) is 4.79 Å². The van der Waals surface area contributed by atoms with Gasteiger partial charge in [-0.2, -0.15) is 4.31 Å². The van der Waals surface area contributed by atoms with E-state index >= 15 is 0 Å². The van der Waals surface area contributed by atoms with Gasteiger partial charge >= 0.3 is 0 Å². The topological polar surface area (TPSA) is 79.0 Å². The Morgan fingerprint density at radius 1 is 1.06 bits per heavy atom. The number of sulfonamides is 1. The minimum absolute atomic E-state index is 0.0431. The highest BCUT2D eigenvalue weighted by Gasteiger charge is 2.26. The summed E-state index contributed by atoms with van der Waals surface area (Å²) in [5.74, 6) is -0.0431. The Kier molecular flexibility index (Phi) is 6.60. The Hall–Kier alpha value is -2.42. The maximum Gasteiger partial charge on any atom is 0.243 e. The molecule has 31 heavy (non-hydrogen) atoms. The van der Waals surface area contributed by atoms with Crippen LogP contribution in [-0.2, 0) is 32.5 Å². The second kappa shape index (κ2) is 9.38. The summed E-state index contributed by atoms with van der Waals surface area (Å²) in [5, 5.41) is 2.95. The van der Waals surface area contributed by atoms with Crippen molar-refractivity contribution in [1.29, 1.82) is 0 Å². The number of aryl methyl sites for hydroxylation is 2. The first-order valence-corrected chi connectivity index (χ1v) is 12.2. The SMILES string of the molecule is Cc1ccc2c(c1)CCCN2CC(=O)NCc1ccc(S(=O)(=O)N2CCOCC2)cc1. The van der Waals surface area contributed by atoms with Crippen LogP contribution in [0.15, 0.2) is 47.4 Å². The van der Waals surface area contributed by atoms with Crippen molar-refractivity contribution in [1.82, 2.24) is 9.62 Å². The van der Waals surface area contributed by atoms with Crippen molar-refractivity contribution in [3.05, 3.63) is 59.2 Å². The molecule has 0 bridgehead atoms. The molecular weight excluding hydrogens is 414 g/mol. The molecule has 0 saturated carbocycles. The fourth-order valence-corrected chi connectivity index (χ4v) is 5.52. The van der Waals surface area contributed by atoms with Gasteiger partial charge in [0, 0.05) is 31.9 Å². The van der Waals surface area contributed by atoms with Crippen LogP contribution in [0.3, 0.4) is 0 Å². The van der Waals surface area contributed by atoms with Crippen molar-refractivity contribution in [3.8, 4) is 0 Å². The highest BCUT2D eigenvalue weighted by atomic mass is 32.2. The molecule has 1 N–H and O–H groups in total. The molecule has 1 fully saturated rings. The van der Waals surface area contributed by atoms with Crippen molar-refractivity contribution < 1.29 is 17.9 Å². The molecule has 0 radical (unpaired) electrons. The Morgan fingerprint density at radius 2 is 1.81 bits per heavy atom. The quantitative estimate of drug-likeness (QED) is 0.740. The highest BCUT2D eigenvalue weighted by Crippen LogP contribution is 2.27. The van der Waals surface area contributed by atoms with Crippen LogP contribution in [0, 0.1) is 6.92 Å². The van der Waals surface area contributed by atoms with Gasteiger partial charge in [-0.25, -0.2) is 8.42 Å². The van der Waals surface area contributed by atoms with Crippen LogP contribution in [0.25, 0.3) is 0 Å². The molecule has 4 rings (SSSR count). The Labute approximate surface area is 184 Å². The Bertz CT molecular complexity index is 1030. The van der Waals surface area contributed by atoms with E-state index < -0.39 is 10.0 Å². The third-order valence-electron chi connectivity index (χ3n) is 5.81. The third-order valence-corrected chi connectivity index (χ3v) is 7.72. The summed E-state index contributed by atoms with van der Waals surface area (Å²) in [6.07, 6.45) is 2.09. The van der Waals surface area contributed by atoms with Gasteiger partial charge in [-0.15, -0.1) is 0 Å². The standard InChI is InChI=1S/C23H29N3O4S/c1-18-4-9-22-20(15-18)3-2-10-25(22)17-23(27)24-16-19-5-7-21(8-6-19)31(28,29)26-11-13-30-14-12-26/h4-9,15H,2-3,10-14,16-17H2,1H3,(H,24,27). The number of rotatable bonds is 6. The number of benzene rings is 2. The predicted octanol–water partition coefficient (Wildman–Crippen LogP) is 2.08. The van der Waals surface area contributed by atoms with Crippen LogP contribution in [0.2, 0.25) is 0 Å². The molecule has 0 atom stereocenters. The molecule has 0 unspecified atom stereocenters. The fraction of sp³-hybridized carbons (Fsp3) is 0.435. The number of carbonyl (C=O) groups excluding carboxylic acids is 1.